The van der Waals surface area contributed by atoms with Gasteiger partial charge in [-0.25, -0.2) is 4.98 Å². The Hall–Kier alpha value is -2.47. The van der Waals surface area contributed by atoms with Gasteiger partial charge in [-0.1, -0.05) is 37.1 Å². The van der Waals surface area contributed by atoms with Gasteiger partial charge in [-0.3, -0.25) is 0 Å². The summed E-state index contributed by atoms with van der Waals surface area (Å²) in [6.07, 6.45) is 5.07. The van der Waals surface area contributed by atoms with Crippen LogP contribution in [0.15, 0.2) is 48.5 Å². The van der Waals surface area contributed by atoms with Crippen LogP contribution in [-0.2, 0) is 0 Å². The van der Waals surface area contributed by atoms with Crippen LogP contribution in [0.5, 0.6) is 5.75 Å². The van der Waals surface area contributed by atoms with Crippen LogP contribution in [0, 0.1) is 0 Å². The molecule has 1 unspecified atom stereocenters. The van der Waals surface area contributed by atoms with Gasteiger partial charge in [-0.15, -0.1) is 0 Å². The summed E-state index contributed by atoms with van der Waals surface area (Å²) in [5.41, 5.74) is 2.35. The van der Waals surface area contributed by atoms with Gasteiger partial charge < -0.3 is 15.0 Å². The molecule has 1 aliphatic heterocycles. The first-order valence-corrected chi connectivity index (χ1v) is 11.9. The Bertz CT molecular complexity index is 1000. The average Bonchev–Trinajstić information content (AvgIpc) is 3.32. The smallest absolute Gasteiger partial charge is 0.227 e. The van der Waals surface area contributed by atoms with Crippen LogP contribution in [0.2, 0.25) is 0 Å². The van der Waals surface area contributed by atoms with Gasteiger partial charge in [0, 0.05) is 35.5 Å². The molecule has 2 heterocycles. The second-order valence-electron chi connectivity index (χ2n) is 8.09. The summed E-state index contributed by atoms with van der Waals surface area (Å²) in [5, 5.41) is 5.25. The number of ether oxygens (including phenoxy) is 1. The van der Waals surface area contributed by atoms with Crippen LogP contribution >= 0.6 is 11.8 Å². The Balaban J connectivity index is 1.42. The lowest BCUT2D eigenvalue weighted by Gasteiger charge is -2.33. The molecular formula is C24H28N4OS. The van der Waals surface area contributed by atoms with Crippen LogP contribution in [0.1, 0.15) is 36.5 Å². The normalized spacial score (nSPS) is 19.9. The van der Waals surface area contributed by atoms with Gasteiger partial charge in [0.05, 0.1) is 12.6 Å². The van der Waals surface area contributed by atoms with Gasteiger partial charge in [0.1, 0.15) is 11.6 Å². The third-order valence-corrected chi connectivity index (χ3v) is 7.37. The van der Waals surface area contributed by atoms with Crippen molar-refractivity contribution in [3.8, 4) is 5.75 Å². The molecule has 3 aromatic rings. The molecule has 2 fully saturated rings. The quantitative estimate of drug-likeness (QED) is 0.605. The highest BCUT2D eigenvalue weighted by molar-refractivity contribution is 7.99. The molecule has 30 heavy (non-hydrogen) atoms. The first-order chi connectivity index (χ1) is 14.8. The molecule has 156 valence electrons. The highest BCUT2D eigenvalue weighted by Crippen LogP contribution is 2.36. The van der Waals surface area contributed by atoms with E-state index in [1.54, 1.807) is 7.11 Å². The number of fused-ring (bicyclic) bond motifs is 1. The second-order valence-corrected chi connectivity index (χ2v) is 9.40. The molecule has 5 nitrogen and oxygen atoms in total. The average molecular weight is 421 g/mol. The minimum atomic E-state index is 0.408. The summed E-state index contributed by atoms with van der Waals surface area (Å²) in [4.78, 5) is 12.3. The second kappa shape index (κ2) is 8.72. The Morgan fingerprint density at radius 3 is 2.63 bits per heavy atom. The van der Waals surface area contributed by atoms with Gasteiger partial charge in [0.2, 0.25) is 5.95 Å². The first-order valence-electron chi connectivity index (χ1n) is 10.8. The van der Waals surface area contributed by atoms with Crippen molar-refractivity contribution in [2.24, 2.45) is 0 Å². The Morgan fingerprint density at radius 1 is 1.03 bits per heavy atom. The lowest BCUT2D eigenvalue weighted by atomic mass is 10.1. The summed E-state index contributed by atoms with van der Waals surface area (Å²) in [6, 6.07) is 17.3. The highest BCUT2D eigenvalue weighted by Gasteiger charge is 2.25. The molecule has 0 bridgehead atoms. The third-order valence-electron chi connectivity index (χ3n) is 6.12. The van der Waals surface area contributed by atoms with Crippen LogP contribution in [0.4, 0.5) is 11.8 Å². The fourth-order valence-corrected chi connectivity index (χ4v) is 5.68. The molecule has 1 aliphatic carbocycles. The van der Waals surface area contributed by atoms with Crippen LogP contribution in [-0.4, -0.2) is 42.0 Å². The van der Waals surface area contributed by atoms with Crippen LogP contribution in [0.3, 0.4) is 0 Å². The molecule has 0 spiro atoms. The lowest BCUT2D eigenvalue weighted by molar-refractivity contribution is 0.414. The number of methoxy groups -OCH3 is 1. The van der Waals surface area contributed by atoms with Crippen molar-refractivity contribution in [3.05, 3.63) is 54.1 Å². The topological polar surface area (TPSA) is 50.3 Å². The van der Waals surface area contributed by atoms with E-state index in [-0.39, 0.29) is 0 Å². The van der Waals surface area contributed by atoms with Crippen molar-refractivity contribution in [2.75, 3.05) is 36.2 Å². The molecule has 6 heteroatoms. The summed E-state index contributed by atoms with van der Waals surface area (Å²) in [6.45, 7) is 1.89. The number of nitrogens with zero attached hydrogens (tertiary/aromatic N) is 3. The van der Waals surface area contributed by atoms with E-state index in [9.17, 15) is 0 Å². The number of benzene rings is 2. The van der Waals surface area contributed by atoms with E-state index in [1.807, 2.05) is 23.9 Å². The number of nitrogens with one attached hydrogen (secondary N) is 1. The van der Waals surface area contributed by atoms with E-state index < -0.39 is 0 Å². The zero-order chi connectivity index (χ0) is 20.3. The number of aromatic nitrogens is 2. The van der Waals surface area contributed by atoms with Crippen molar-refractivity contribution < 1.29 is 4.74 Å². The molecule has 2 aromatic carbocycles. The number of para-hydroxylation sites is 1. The van der Waals surface area contributed by atoms with E-state index >= 15 is 0 Å². The van der Waals surface area contributed by atoms with Crippen molar-refractivity contribution in [1.82, 2.24) is 9.97 Å². The maximum absolute atomic E-state index is 5.31. The molecule has 1 saturated carbocycles. The SMILES string of the molecule is COc1ccc(C2CN(c3nc(NC4CCCC4)c4ccccc4n3)CCS2)cc1. The highest BCUT2D eigenvalue weighted by atomic mass is 32.2. The number of hydrogen-bond donors (Lipinski definition) is 1. The van der Waals surface area contributed by atoms with E-state index in [2.05, 4.69) is 46.6 Å². The molecule has 2 aliphatic rings. The fourth-order valence-electron chi connectivity index (χ4n) is 4.43. The summed E-state index contributed by atoms with van der Waals surface area (Å²) in [5.74, 6) is 3.80. The Morgan fingerprint density at radius 2 is 1.83 bits per heavy atom. The van der Waals surface area contributed by atoms with Gasteiger partial charge in [0.15, 0.2) is 0 Å². The predicted molar refractivity (Wildman–Crippen MR) is 126 cm³/mol. The van der Waals surface area contributed by atoms with E-state index in [0.717, 1.165) is 47.3 Å². The number of anilines is 2. The Labute approximate surface area is 182 Å². The maximum atomic E-state index is 5.31. The third kappa shape index (κ3) is 4.06. The minimum Gasteiger partial charge on any atom is -0.497 e. The predicted octanol–water partition coefficient (Wildman–Crippen LogP) is 5.29. The van der Waals surface area contributed by atoms with Crippen LogP contribution in [0.25, 0.3) is 10.9 Å². The van der Waals surface area contributed by atoms with E-state index in [1.165, 1.54) is 31.2 Å². The molecule has 1 N–H and O–H groups in total. The number of rotatable bonds is 5. The van der Waals surface area contributed by atoms with Gasteiger partial charge in [-0.05, 0) is 42.7 Å². The number of thioether (sulfide) groups is 1. The van der Waals surface area contributed by atoms with Crippen molar-refractivity contribution in [2.45, 2.75) is 37.0 Å². The molecule has 1 saturated heterocycles. The van der Waals surface area contributed by atoms with E-state index in [0.29, 0.717) is 11.3 Å². The maximum Gasteiger partial charge on any atom is 0.227 e. The summed E-state index contributed by atoms with van der Waals surface area (Å²) in [7, 11) is 1.71. The van der Waals surface area contributed by atoms with Gasteiger partial charge >= 0.3 is 0 Å². The van der Waals surface area contributed by atoms with Crippen molar-refractivity contribution in [1.29, 1.82) is 0 Å². The lowest BCUT2D eigenvalue weighted by Crippen LogP contribution is -2.35. The molecule has 1 atom stereocenters. The minimum absolute atomic E-state index is 0.408. The zero-order valence-electron chi connectivity index (χ0n) is 17.4. The molecular weight excluding hydrogens is 392 g/mol. The molecule has 5 rings (SSSR count). The number of hydrogen-bond acceptors (Lipinski definition) is 6. The molecule has 0 radical (unpaired) electrons. The monoisotopic (exact) mass is 420 g/mol. The Kier molecular flexibility index (Phi) is 5.67. The van der Waals surface area contributed by atoms with Gasteiger partial charge in [0.25, 0.3) is 0 Å². The fraction of sp³-hybridized carbons (Fsp3) is 0.417. The van der Waals surface area contributed by atoms with Gasteiger partial charge in [-0.2, -0.15) is 16.7 Å². The van der Waals surface area contributed by atoms with E-state index in [4.69, 9.17) is 14.7 Å². The van der Waals surface area contributed by atoms with Crippen LogP contribution < -0.4 is 15.0 Å². The molecule has 1 aromatic heterocycles. The zero-order valence-corrected chi connectivity index (χ0v) is 18.2. The van der Waals surface area contributed by atoms with Crippen molar-refractivity contribution >= 4 is 34.4 Å². The standard InChI is InChI=1S/C24H28N4OS/c1-29-19-12-10-17(11-13-19)22-16-28(14-15-30-22)24-26-21-9-5-4-8-20(21)23(27-24)25-18-6-2-3-7-18/h4-5,8-13,18,22H,2-3,6-7,14-16H2,1H3,(H,25,26,27). The van der Waals surface area contributed by atoms with Crippen molar-refractivity contribution in [3.63, 3.8) is 0 Å². The summed E-state index contributed by atoms with van der Waals surface area (Å²) < 4.78 is 5.31. The largest absolute Gasteiger partial charge is 0.497 e. The summed E-state index contributed by atoms with van der Waals surface area (Å²) >= 11 is 2.01. The molecule has 0 amide bonds. The first kappa shape index (κ1) is 19.5.